The Morgan fingerprint density at radius 2 is 1.37 bits per heavy atom. The molecule has 2 amide bonds. The first-order valence-electron chi connectivity index (χ1n) is 12.3. The SMILES string of the molecule is CC.Cc1ncccc1C(N)=O.NC=O.c1ccc(COCCc2ccc(Oc3ccccc3)cc2)cc1. The molecule has 0 aliphatic rings. The van der Waals surface area contributed by atoms with Gasteiger partial charge in [-0.3, -0.25) is 14.6 Å². The summed E-state index contributed by atoms with van der Waals surface area (Å²) in [4.78, 5) is 23.1. The van der Waals surface area contributed by atoms with E-state index < -0.39 is 5.91 Å². The smallest absolute Gasteiger partial charge is 0.250 e. The van der Waals surface area contributed by atoms with Gasteiger partial charge in [-0.2, -0.15) is 0 Å². The summed E-state index contributed by atoms with van der Waals surface area (Å²) >= 11 is 0. The van der Waals surface area contributed by atoms with Crippen LogP contribution in [0.1, 0.15) is 41.0 Å². The van der Waals surface area contributed by atoms with Gasteiger partial charge in [-0.25, -0.2) is 0 Å². The number of primary amides is 2. The van der Waals surface area contributed by atoms with E-state index in [1.54, 1.807) is 25.3 Å². The maximum absolute atomic E-state index is 10.6. The summed E-state index contributed by atoms with van der Waals surface area (Å²) < 4.78 is 11.5. The molecule has 0 saturated heterocycles. The summed E-state index contributed by atoms with van der Waals surface area (Å²) in [7, 11) is 0. The minimum absolute atomic E-state index is 0.250. The zero-order valence-electron chi connectivity index (χ0n) is 22.2. The molecule has 3 aromatic carbocycles. The molecule has 200 valence electrons. The van der Waals surface area contributed by atoms with Crippen LogP contribution in [0.15, 0.2) is 103 Å². The van der Waals surface area contributed by atoms with Crippen molar-refractivity contribution in [1.82, 2.24) is 4.98 Å². The van der Waals surface area contributed by atoms with Gasteiger partial charge >= 0.3 is 0 Å². The van der Waals surface area contributed by atoms with Gasteiger partial charge in [0.25, 0.3) is 5.91 Å². The molecule has 0 atom stereocenters. The number of benzene rings is 3. The fraction of sp³-hybridized carbons (Fsp3) is 0.194. The first-order valence-corrected chi connectivity index (χ1v) is 12.3. The number of para-hydroxylation sites is 1. The topological polar surface area (TPSA) is 118 Å². The van der Waals surface area contributed by atoms with Gasteiger partial charge in [0, 0.05) is 11.9 Å². The zero-order valence-corrected chi connectivity index (χ0v) is 22.2. The lowest BCUT2D eigenvalue weighted by Crippen LogP contribution is -2.12. The van der Waals surface area contributed by atoms with Crippen molar-refractivity contribution in [3.05, 3.63) is 126 Å². The molecule has 1 aromatic heterocycles. The van der Waals surface area contributed by atoms with Crippen LogP contribution in [-0.4, -0.2) is 23.9 Å². The molecule has 0 spiro atoms. The molecule has 0 saturated carbocycles. The Bertz CT molecular complexity index is 1170. The molecule has 0 aliphatic carbocycles. The predicted octanol–water partition coefficient (Wildman–Crippen LogP) is 5.85. The Balaban J connectivity index is 0.000000401. The lowest BCUT2D eigenvalue weighted by molar-refractivity contribution is -0.106. The van der Waals surface area contributed by atoms with E-state index in [1.807, 2.05) is 74.5 Å². The van der Waals surface area contributed by atoms with Crippen LogP contribution in [0, 0.1) is 6.92 Å². The predicted molar refractivity (Wildman–Crippen MR) is 152 cm³/mol. The highest BCUT2D eigenvalue weighted by molar-refractivity contribution is 5.93. The van der Waals surface area contributed by atoms with Crippen molar-refractivity contribution in [2.45, 2.75) is 33.8 Å². The van der Waals surface area contributed by atoms with Gasteiger partial charge in [-0.05, 0) is 60.9 Å². The van der Waals surface area contributed by atoms with Crippen LogP contribution in [0.4, 0.5) is 0 Å². The fourth-order valence-electron chi connectivity index (χ4n) is 3.05. The number of carbonyl (C=O) groups excluding carboxylic acids is 2. The zero-order chi connectivity index (χ0) is 28.0. The van der Waals surface area contributed by atoms with Crippen molar-refractivity contribution in [2.75, 3.05) is 6.61 Å². The van der Waals surface area contributed by atoms with Crippen molar-refractivity contribution >= 4 is 12.3 Å². The average molecular weight is 516 g/mol. The number of nitrogens with zero attached hydrogens (tertiary/aromatic N) is 1. The summed E-state index contributed by atoms with van der Waals surface area (Å²) in [6.45, 7) is 7.13. The van der Waals surface area contributed by atoms with E-state index in [2.05, 4.69) is 35.0 Å². The van der Waals surface area contributed by atoms with Crippen molar-refractivity contribution in [2.24, 2.45) is 11.5 Å². The van der Waals surface area contributed by atoms with E-state index in [1.165, 1.54) is 11.1 Å². The fourth-order valence-corrected chi connectivity index (χ4v) is 3.05. The Kier molecular flexibility index (Phi) is 16.3. The molecule has 4 rings (SSSR count). The van der Waals surface area contributed by atoms with Gasteiger partial charge in [0.2, 0.25) is 6.41 Å². The van der Waals surface area contributed by atoms with Gasteiger partial charge in [0.15, 0.2) is 0 Å². The van der Waals surface area contributed by atoms with Gasteiger partial charge in [-0.1, -0.05) is 74.5 Å². The lowest BCUT2D eigenvalue weighted by atomic mass is 10.1. The first-order chi connectivity index (χ1) is 18.5. The Hall–Kier alpha value is -4.49. The molecule has 4 N–H and O–H groups in total. The number of carbonyl (C=O) groups is 2. The highest BCUT2D eigenvalue weighted by Gasteiger charge is 2.02. The summed E-state index contributed by atoms with van der Waals surface area (Å²) in [5.41, 5.74) is 12.8. The van der Waals surface area contributed by atoms with Crippen molar-refractivity contribution in [3.63, 3.8) is 0 Å². The van der Waals surface area contributed by atoms with Crippen LogP contribution in [0.5, 0.6) is 11.5 Å². The van der Waals surface area contributed by atoms with Gasteiger partial charge < -0.3 is 20.9 Å². The van der Waals surface area contributed by atoms with Crippen LogP contribution >= 0.6 is 0 Å². The third-order valence-electron chi connectivity index (χ3n) is 4.82. The number of ether oxygens (including phenoxy) is 2. The number of hydrogen-bond acceptors (Lipinski definition) is 5. The second-order valence-electron chi connectivity index (χ2n) is 7.48. The van der Waals surface area contributed by atoms with E-state index in [-0.39, 0.29) is 6.41 Å². The Morgan fingerprint density at radius 1 is 0.816 bits per heavy atom. The monoisotopic (exact) mass is 515 g/mol. The van der Waals surface area contributed by atoms with E-state index >= 15 is 0 Å². The number of pyridine rings is 1. The van der Waals surface area contributed by atoms with Crippen LogP contribution in [0.25, 0.3) is 0 Å². The maximum Gasteiger partial charge on any atom is 0.250 e. The van der Waals surface area contributed by atoms with Crippen LogP contribution < -0.4 is 16.2 Å². The molecule has 38 heavy (non-hydrogen) atoms. The van der Waals surface area contributed by atoms with Crippen LogP contribution in [0.2, 0.25) is 0 Å². The number of rotatable bonds is 8. The van der Waals surface area contributed by atoms with Crippen LogP contribution in [-0.2, 0) is 22.6 Å². The number of amides is 2. The quantitative estimate of drug-likeness (QED) is 0.225. The molecule has 0 bridgehead atoms. The Labute approximate surface area is 225 Å². The molecule has 7 nitrogen and oxygen atoms in total. The third kappa shape index (κ3) is 13.0. The largest absolute Gasteiger partial charge is 0.457 e. The van der Waals surface area contributed by atoms with Crippen molar-refractivity contribution in [1.29, 1.82) is 0 Å². The number of aryl methyl sites for hydroxylation is 1. The maximum atomic E-state index is 10.6. The minimum Gasteiger partial charge on any atom is -0.457 e. The van der Waals surface area contributed by atoms with Gasteiger partial charge in [0.05, 0.1) is 18.8 Å². The molecule has 0 fully saturated rings. The van der Waals surface area contributed by atoms with E-state index in [4.69, 9.17) is 20.0 Å². The molecule has 7 heteroatoms. The third-order valence-corrected chi connectivity index (χ3v) is 4.82. The van der Waals surface area contributed by atoms with Gasteiger partial charge in [0.1, 0.15) is 11.5 Å². The molecule has 0 unspecified atom stereocenters. The van der Waals surface area contributed by atoms with Crippen LogP contribution in [0.3, 0.4) is 0 Å². The molecular formula is C31H37N3O4. The molecule has 1 heterocycles. The second-order valence-corrected chi connectivity index (χ2v) is 7.48. The van der Waals surface area contributed by atoms with E-state index in [0.29, 0.717) is 24.5 Å². The molecular weight excluding hydrogens is 478 g/mol. The normalized spacial score (nSPS) is 9.24. The summed E-state index contributed by atoms with van der Waals surface area (Å²) in [5.74, 6) is 1.28. The lowest BCUT2D eigenvalue weighted by Gasteiger charge is -2.07. The second kappa shape index (κ2) is 19.7. The standard InChI is InChI=1S/C21H20O2.C7H8N2O.C2H6.CH3NO/c1-3-7-19(8-4-1)17-22-16-15-18-11-13-21(14-12-18)23-20-9-5-2-6-10-20;1-5-6(7(8)10)3-2-4-9-5;1-2;2-1-3/h1-14H,15-17H2;2-4H,1H3,(H2,8,10);1-2H3;1H,(H2,2,3). The highest BCUT2D eigenvalue weighted by Crippen LogP contribution is 2.21. The van der Waals surface area contributed by atoms with E-state index in [0.717, 1.165) is 17.9 Å². The number of hydrogen-bond donors (Lipinski definition) is 2. The summed E-state index contributed by atoms with van der Waals surface area (Å²) in [6.07, 6.45) is 2.78. The van der Waals surface area contributed by atoms with E-state index in [9.17, 15) is 4.79 Å². The van der Waals surface area contributed by atoms with Gasteiger partial charge in [-0.15, -0.1) is 0 Å². The molecule has 4 aromatic rings. The average Bonchev–Trinajstić information content (AvgIpc) is 2.95. The Morgan fingerprint density at radius 3 is 1.89 bits per heavy atom. The molecule has 0 aliphatic heterocycles. The summed E-state index contributed by atoms with van der Waals surface area (Å²) in [6, 6.07) is 31.6. The highest BCUT2D eigenvalue weighted by atomic mass is 16.5. The first kappa shape index (κ1) is 31.5. The van der Waals surface area contributed by atoms with Crippen molar-refractivity contribution in [3.8, 4) is 11.5 Å². The number of aromatic nitrogens is 1. The minimum atomic E-state index is -0.425. The summed E-state index contributed by atoms with van der Waals surface area (Å²) in [5, 5.41) is 0. The molecule has 0 radical (unpaired) electrons. The van der Waals surface area contributed by atoms with Crippen molar-refractivity contribution < 1.29 is 19.1 Å². The number of nitrogens with two attached hydrogens (primary N) is 2.